The van der Waals surface area contributed by atoms with Crippen LogP contribution in [-0.4, -0.2) is 36.5 Å². The summed E-state index contributed by atoms with van der Waals surface area (Å²) in [6.07, 6.45) is 0. The van der Waals surface area contributed by atoms with Gasteiger partial charge in [-0.15, -0.1) is 0 Å². The molecule has 2 N–H and O–H groups in total. The number of fused-ring (bicyclic) bond motifs is 2. The number of benzene rings is 4. The standard InChI is InChI=1S/C14H14ClNO2.C10H8O/c15-14-11-4-2-1-3-10(11)12(9-13(14)17)16-5-7-18-8-6-16;11-10-6-5-8-3-1-2-4-9(8)7-10/h1-4,9,17H,5-8H2;1-7,11H. The molecule has 0 aliphatic carbocycles. The van der Waals surface area contributed by atoms with Gasteiger partial charge in [0.2, 0.25) is 0 Å². The maximum absolute atomic E-state index is 9.94. The van der Waals surface area contributed by atoms with Crippen LogP contribution in [0.2, 0.25) is 5.02 Å². The monoisotopic (exact) mass is 407 g/mol. The summed E-state index contributed by atoms with van der Waals surface area (Å²) in [6.45, 7) is 3.12. The molecule has 0 radical (unpaired) electrons. The van der Waals surface area contributed by atoms with Crippen LogP contribution in [0, 0.1) is 0 Å². The summed E-state index contributed by atoms with van der Waals surface area (Å²) >= 11 is 6.14. The lowest BCUT2D eigenvalue weighted by atomic mass is 10.1. The van der Waals surface area contributed by atoms with Crippen molar-refractivity contribution in [1.82, 2.24) is 0 Å². The zero-order valence-electron chi connectivity index (χ0n) is 15.9. The van der Waals surface area contributed by atoms with Crippen LogP contribution in [0.1, 0.15) is 0 Å². The number of aromatic hydroxyl groups is 2. The highest BCUT2D eigenvalue weighted by molar-refractivity contribution is 6.37. The summed E-state index contributed by atoms with van der Waals surface area (Å²) < 4.78 is 5.36. The number of ether oxygens (including phenoxy) is 1. The van der Waals surface area contributed by atoms with Crippen molar-refractivity contribution in [3.05, 3.63) is 77.8 Å². The third-order valence-corrected chi connectivity index (χ3v) is 5.42. The average Bonchev–Trinajstić information content (AvgIpc) is 2.77. The van der Waals surface area contributed by atoms with Gasteiger partial charge in [0.05, 0.1) is 18.2 Å². The maximum Gasteiger partial charge on any atom is 0.136 e. The first-order chi connectivity index (χ1) is 14.1. The van der Waals surface area contributed by atoms with Crippen LogP contribution in [-0.2, 0) is 4.74 Å². The fraction of sp³-hybridized carbons (Fsp3) is 0.167. The van der Waals surface area contributed by atoms with E-state index in [1.165, 1.54) is 0 Å². The van der Waals surface area contributed by atoms with E-state index in [4.69, 9.17) is 21.4 Å². The number of phenols is 2. The molecule has 1 saturated heterocycles. The molecule has 148 valence electrons. The fourth-order valence-electron chi connectivity index (χ4n) is 3.55. The zero-order chi connectivity index (χ0) is 20.2. The molecule has 29 heavy (non-hydrogen) atoms. The number of anilines is 1. The van der Waals surface area contributed by atoms with E-state index in [1.807, 2.05) is 54.6 Å². The molecular formula is C24H22ClNO3. The van der Waals surface area contributed by atoms with Gasteiger partial charge < -0.3 is 19.8 Å². The molecule has 4 aromatic rings. The lowest BCUT2D eigenvalue weighted by Crippen LogP contribution is -2.36. The lowest BCUT2D eigenvalue weighted by molar-refractivity contribution is 0.123. The van der Waals surface area contributed by atoms with Crippen molar-refractivity contribution in [2.45, 2.75) is 0 Å². The van der Waals surface area contributed by atoms with Crippen LogP contribution < -0.4 is 4.90 Å². The van der Waals surface area contributed by atoms with Gasteiger partial charge in [-0.25, -0.2) is 0 Å². The predicted molar refractivity (Wildman–Crippen MR) is 119 cm³/mol. The van der Waals surface area contributed by atoms with E-state index in [0.29, 0.717) is 10.8 Å². The van der Waals surface area contributed by atoms with Crippen molar-refractivity contribution in [2.24, 2.45) is 0 Å². The molecule has 1 aliphatic heterocycles. The Bertz CT molecular complexity index is 1140. The minimum atomic E-state index is 0.136. The second-order valence-corrected chi connectivity index (χ2v) is 7.28. The number of hydrogen-bond donors (Lipinski definition) is 2. The van der Waals surface area contributed by atoms with E-state index in [0.717, 1.165) is 53.5 Å². The van der Waals surface area contributed by atoms with Crippen molar-refractivity contribution < 1.29 is 14.9 Å². The molecule has 0 aromatic heterocycles. The Morgan fingerprint density at radius 1 is 0.759 bits per heavy atom. The second-order valence-electron chi connectivity index (χ2n) is 6.91. The van der Waals surface area contributed by atoms with Gasteiger partial charge in [0.15, 0.2) is 0 Å². The topological polar surface area (TPSA) is 52.9 Å². The summed E-state index contributed by atoms with van der Waals surface area (Å²) in [5.74, 6) is 0.459. The molecule has 0 unspecified atom stereocenters. The van der Waals surface area contributed by atoms with Gasteiger partial charge in [0.25, 0.3) is 0 Å². The van der Waals surface area contributed by atoms with Crippen LogP contribution in [0.5, 0.6) is 11.5 Å². The van der Waals surface area contributed by atoms with Gasteiger partial charge in [0, 0.05) is 35.6 Å². The normalized spacial score (nSPS) is 13.9. The average molecular weight is 408 g/mol. The fourth-order valence-corrected chi connectivity index (χ4v) is 3.77. The molecule has 1 aliphatic rings. The Kier molecular flexibility index (Phi) is 5.74. The molecule has 0 spiro atoms. The van der Waals surface area contributed by atoms with E-state index in [9.17, 15) is 5.11 Å². The molecule has 5 heteroatoms. The number of morpholine rings is 1. The van der Waals surface area contributed by atoms with Crippen molar-refractivity contribution in [3.8, 4) is 11.5 Å². The minimum Gasteiger partial charge on any atom is -0.508 e. The first-order valence-corrected chi connectivity index (χ1v) is 9.92. The Balaban J connectivity index is 0.000000159. The van der Waals surface area contributed by atoms with E-state index in [2.05, 4.69) is 4.90 Å². The summed E-state index contributed by atoms with van der Waals surface area (Å²) in [5, 5.41) is 23.7. The summed E-state index contributed by atoms with van der Waals surface area (Å²) in [6, 6.07) is 22.9. The van der Waals surface area contributed by atoms with E-state index < -0.39 is 0 Å². The van der Waals surface area contributed by atoms with Crippen LogP contribution in [0.4, 0.5) is 5.69 Å². The van der Waals surface area contributed by atoms with E-state index in [-0.39, 0.29) is 5.75 Å². The largest absolute Gasteiger partial charge is 0.508 e. The molecule has 5 rings (SSSR count). The molecular weight excluding hydrogens is 386 g/mol. The van der Waals surface area contributed by atoms with Gasteiger partial charge in [-0.05, 0) is 22.9 Å². The molecule has 0 atom stereocenters. The smallest absolute Gasteiger partial charge is 0.136 e. The molecule has 1 heterocycles. The maximum atomic E-state index is 9.94. The first-order valence-electron chi connectivity index (χ1n) is 9.54. The zero-order valence-corrected chi connectivity index (χ0v) is 16.6. The molecule has 4 aromatic carbocycles. The lowest BCUT2D eigenvalue weighted by Gasteiger charge is -2.30. The van der Waals surface area contributed by atoms with Gasteiger partial charge in [0.1, 0.15) is 11.5 Å². The number of phenolic OH excluding ortho intramolecular Hbond substituents is 2. The Labute approximate surface area is 174 Å². The van der Waals surface area contributed by atoms with Crippen LogP contribution >= 0.6 is 11.6 Å². The third-order valence-electron chi connectivity index (χ3n) is 5.02. The molecule has 0 bridgehead atoms. The molecule has 0 saturated carbocycles. The van der Waals surface area contributed by atoms with Gasteiger partial charge in [-0.2, -0.15) is 0 Å². The first kappa shape index (κ1) is 19.4. The van der Waals surface area contributed by atoms with Gasteiger partial charge in [-0.3, -0.25) is 0 Å². The molecule has 1 fully saturated rings. The highest BCUT2D eigenvalue weighted by atomic mass is 35.5. The quantitative estimate of drug-likeness (QED) is 0.432. The SMILES string of the molecule is Oc1cc(N2CCOCC2)c2ccccc2c1Cl.Oc1ccc2ccccc2c1. The minimum absolute atomic E-state index is 0.136. The number of hydrogen-bond acceptors (Lipinski definition) is 4. The third kappa shape index (κ3) is 4.24. The Morgan fingerprint density at radius 2 is 1.41 bits per heavy atom. The number of rotatable bonds is 1. The summed E-state index contributed by atoms with van der Waals surface area (Å²) in [4.78, 5) is 2.22. The van der Waals surface area contributed by atoms with Crippen molar-refractivity contribution in [2.75, 3.05) is 31.2 Å². The highest BCUT2D eigenvalue weighted by Gasteiger charge is 2.17. The van der Waals surface area contributed by atoms with Crippen molar-refractivity contribution in [3.63, 3.8) is 0 Å². The number of halogens is 1. The van der Waals surface area contributed by atoms with E-state index in [1.54, 1.807) is 18.2 Å². The van der Waals surface area contributed by atoms with Crippen LogP contribution in [0.15, 0.2) is 72.8 Å². The van der Waals surface area contributed by atoms with Crippen LogP contribution in [0.3, 0.4) is 0 Å². The van der Waals surface area contributed by atoms with E-state index >= 15 is 0 Å². The Morgan fingerprint density at radius 3 is 2.17 bits per heavy atom. The van der Waals surface area contributed by atoms with Crippen LogP contribution in [0.25, 0.3) is 21.5 Å². The van der Waals surface area contributed by atoms with Gasteiger partial charge >= 0.3 is 0 Å². The van der Waals surface area contributed by atoms with Gasteiger partial charge in [-0.1, -0.05) is 66.2 Å². The number of nitrogens with zero attached hydrogens (tertiary/aromatic N) is 1. The highest BCUT2D eigenvalue weighted by Crippen LogP contribution is 2.38. The molecule has 4 nitrogen and oxygen atoms in total. The van der Waals surface area contributed by atoms with Crippen molar-refractivity contribution in [1.29, 1.82) is 0 Å². The Hall–Kier alpha value is -2.95. The second kappa shape index (κ2) is 8.60. The molecule has 0 amide bonds. The van der Waals surface area contributed by atoms with Crippen molar-refractivity contribution >= 4 is 38.8 Å². The predicted octanol–water partition coefficient (Wildman–Crippen LogP) is 5.58. The summed E-state index contributed by atoms with van der Waals surface area (Å²) in [7, 11) is 0. The summed E-state index contributed by atoms with van der Waals surface area (Å²) in [5.41, 5.74) is 1.02.